The highest BCUT2D eigenvalue weighted by molar-refractivity contribution is 7.12. The van der Waals surface area contributed by atoms with Crippen molar-refractivity contribution in [3.8, 4) is 11.8 Å². The van der Waals surface area contributed by atoms with E-state index in [-0.39, 0.29) is 12.5 Å². The van der Waals surface area contributed by atoms with Crippen molar-refractivity contribution in [2.45, 2.75) is 26.2 Å². The van der Waals surface area contributed by atoms with Crippen molar-refractivity contribution in [2.24, 2.45) is 0 Å². The molecule has 1 heterocycles. The lowest BCUT2D eigenvalue weighted by Crippen LogP contribution is -2.27. The van der Waals surface area contributed by atoms with Crippen LogP contribution in [0, 0.1) is 11.8 Å². The van der Waals surface area contributed by atoms with Gasteiger partial charge in [-0.15, -0.1) is 11.3 Å². The molecule has 1 N–H and O–H groups in total. The first-order chi connectivity index (χ1) is 8.70. The quantitative estimate of drug-likeness (QED) is 0.656. The minimum atomic E-state index is -0.185. The van der Waals surface area contributed by atoms with Gasteiger partial charge in [0.05, 0.1) is 0 Å². The number of carbonyl (C=O) groups is 1. The summed E-state index contributed by atoms with van der Waals surface area (Å²) in [6, 6.07) is 1.82. The molecule has 0 spiro atoms. The summed E-state index contributed by atoms with van der Waals surface area (Å²) in [4.78, 5) is 14.6. The van der Waals surface area contributed by atoms with Gasteiger partial charge in [0, 0.05) is 19.2 Å². The lowest BCUT2D eigenvalue weighted by atomic mass is 10.2. The Morgan fingerprint density at radius 2 is 2.28 bits per heavy atom. The lowest BCUT2D eigenvalue weighted by molar-refractivity contribution is 0.0797. The molecule has 0 saturated carbocycles. The van der Waals surface area contributed by atoms with E-state index < -0.39 is 0 Å². The largest absolute Gasteiger partial charge is 0.384 e. The molecular weight excluding hydrogens is 246 g/mol. The molecule has 1 aromatic rings. The first kappa shape index (κ1) is 14.7. The van der Waals surface area contributed by atoms with E-state index >= 15 is 0 Å². The molecule has 3 nitrogen and oxygen atoms in total. The minimum Gasteiger partial charge on any atom is -0.384 e. The number of aliphatic hydroxyl groups is 1. The summed E-state index contributed by atoms with van der Waals surface area (Å²) in [5.74, 6) is 5.40. The highest BCUT2D eigenvalue weighted by Crippen LogP contribution is 2.18. The molecule has 0 unspecified atom stereocenters. The molecule has 4 heteroatoms. The van der Waals surface area contributed by atoms with Crippen molar-refractivity contribution < 1.29 is 9.90 Å². The molecule has 1 rings (SSSR count). The average molecular weight is 265 g/mol. The van der Waals surface area contributed by atoms with E-state index in [0.717, 1.165) is 25.8 Å². The van der Waals surface area contributed by atoms with E-state index in [0.29, 0.717) is 10.4 Å². The van der Waals surface area contributed by atoms with E-state index in [1.165, 1.54) is 11.3 Å². The molecule has 98 valence electrons. The predicted octanol–water partition coefficient (Wildman–Crippen LogP) is 2.35. The average Bonchev–Trinajstić information content (AvgIpc) is 2.83. The molecule has 1 amide bonds. The van der Waals surface area contributed by atoms with Crippen LogP contribution in [0.1, 0.15) is 41.4 Å². The predicted molar refractivity (Wildman–Crippen MR) is 74.8 cm³/mol. The Morgan fingerprint density at radius 3 is 2.94 bits per heavy atom. The molecule has 0 fully saturated rings. The number of rotatable bonds is 5. The molecule has 0 saturated heterocycles. The number of carbonyl (C=O) groups excluding carboxylic acids is 1. The van der Waals surface area contributed by atoms with E-state index in [2.05, 4.69) is 18.8 Å². The third-order valence-electron chi connectivity index (χ3n) is 2.61. The van der Waals surface area contributed by atoms with Crippen molar-refractivity contribution >= 4 is 17.2 Å². The first-order valence-corrected chi connectivity index (χ1v) is 7.01. The second-order valence-electron chi connectivity index (χ2n) is 4.06. The third-order valence-corrected chi connectivity index (χ3v) is 3.51. The van der Waals surface area contributed by atoms with Gasteiger partial charge in [-0.25, -0.2) is 0 Å². The zero-order valence-corrected chi connectivity index (χ0v) is 11.7. The molecule has 0 aromatic carbocycles. The fourth-order valence-corrected chi connectivity index (χ4v) is 2.42. The van der Waals surface area contributed by atoms with Crippen LogP contribution in [0.5, 0.6) is 0 Å². The standard InChI is InChI=1S/C14H19NO2S/c1-3-4-5-9-15(2)14(17)13-12(7-6-10-16)8-11-18-13/h8,11,16H,3-5,9-10H2,1-2H3. The van der Waals surface area contributed by atoms with Crippen LogP contribution in [0.25, 0.3) is 0 Å². The number of hydrogen-bond donors (Lipinski definition) is 1. The smallest absolute Gasteiger partial charge is 0.264 e. The highest BCUT2D eigenvalue weighted by atomic mass is 32.1. The van der Waals surface area contributed by atoms with Gasteiger partial charge in [0.15, 0.2) is 0 Å². The molecule has 0 aliphatic rings. The number of amides is 1. The zero-order valence-electron chi connectivity index (χ0n) is 10.9. The van der Waals surface area contributed by atoms with E-state index in [9.17, 15) is 4.79 Å². The van der Waals surface area contributed by atoms with Gasteiger partial charge in [-0.1, -0.05) is 31.6 Å². The van der Waals surface area contributed by atoms with Gasteiger partial charge in [-0.3, -0.25) is 4.79 Å². The molecule has 1 aromatic heterocycles. The van der Waals surface area contributed by atoms with E-state index in [1.54, 1.807) is 4.90 Å². The minimum absolute atomic E-state index is 0.0170. The van der Waals surface area contributed by atoms with E-state index in [4.69, 9.17) is 5.11 Å². The Morgan fingerprint density at radius 1 is 1.50 bits per heavy atom. The molecule has 0 bridgehead atoms. The summed E-state index contributed by atoms with van der Waals surface area (Å²) < 4.78 is 0. The van der Waals surface area contributed by atoms with Crippen LogP contribution in [-0.2, 0) is 0 Å². The van der Waals surface area contributed by atoms with Gasteiger partial charge >= 0.3 is 0 Å². The lowest BCUT2D eigenvalue weighted by Gasteiger charge is -2.16. The molecular formula is C14H19NO2S. The van der Waals surface area contributed by atoms with Crippen molar-refractivity contribution in [3.63, 3.8) is 0 Å². The summed E-state index contributed by atoms with van der Waals surface area (Å²) in [7, 11) is 1.82. The van der Waals surface area contributed by atoms with Gasteiger partial charge in [-0.2, -0.15) is 0 Å². The van der Waals surface area contributed by atoms with Crippen LogP contribution in [0.3, 0.4) is 0 Å². The van der Waals surface area contributed by atoms with Gasteiger partial charge in [0.1, 0.15) is 11.5 Å². The number of thiophene rings is 1. The molecule has 0 atom stereocenters. The van der Waals surface area contributed by atoms with Crippen molar-refractivity contribution in [1.29, 1.82) is 0 Å². The molecule has 18 heavy (non-hydrogen) atoms. The Hall–Kier alpha value is -1.31. The fourth-order valence-electron chi connectivity index (χ4n) is 1.58. The molecule has 0 aliphatic heterocycles. The highest BCUT2D eigenvalue weighted by Gasteiger charge is 2.15. The SMILES string of the molecule is CCCCCN(C)C(=O)c1sccc1C#CCO. The van der Waals surface area contributed by atoms with Crippen molar-refractivity contribution in [3.05, 3.63) is 21.9 Å². The molecule has 0 aliphatic carbocycles. The van der Waals surface area contributed by atoms with Gasteiger partial charge in [0.25, 0.3) is 5.91 Å². The number of aliphatic hydroxyl groups excluding tert-OH is 1. The van der Waals surface area contributed by atoms with Crippen LogP contribution in [0.2, 0.25) is 0 Å². The van der Waals surface area contributed by atoms with Crippen molar-refractivity contribution in [1.82, 2.24) is 4.90 Å². The topological polar surface area (TPSA) is 40.5 Å². The van der Waals surface area contributed by atoms with Crippen LogP contribution in [-0.4, -0.2) is 36.1 Å². The normalized spacial score (nSPS) is 9.72. The number of nitrogens with zero attached hydrogens (tertiary/aromatic N) is 1. The van der Waals surface area contributed by atoms with Gasteiger partial charge in [0.2, 0.25) is 0 Å². The second kappa shape index (κ2) is 7.91. The van der Waals surface area contributed by atoms with Crippen LogP contribution < -0.4 is 0 Å². The van der Waals surface area contributed by atoms with Gasteiger partial charge < -0.3 is 10.0 Å². The Labute approximate surface area is 112 Å². The third kappa shape index (κ3) is 4.17. The summed E-state index contributed by atoms with van der Waals surface area (Å²) in [5.41, 5.74) is 0.710. The van der Waals surface area contributed by atoms with Crippen LogP contribution in [0.4, 0.5) is 0 Å². The van der Waals surface area contributed by atoms with E-state index in [1.807, 2.05) is 18.5 Å². The number of hydrogen-bond acceptors (Lipinski definition) is 3. The Kier molecular flexibility index (Phi) is 6.48. The Bertz CT molecular complexity index is 442. The second-order valence-corrected chi connectivity index (χ2v) is 4.97. The van der Waals surface area contributed by atoms with Crippen LogP contribution in [0.15, 0.2) is 11.4 Å². The fraction of sp³-hybridized carbons (Fsp3) is 0.500. The summed E-state index contributed by atoms with van der Waals surface area (Å²) in [5, 5.41) is 10.5. The number of unbranched alkanes of at least 4 members (excludes halogenated alkanes) is 2. The first-order valence-electron chi connectivity index (χ1n) is 6.13. The summed E-state index contributed by atoms with van der Waals surface area (Å²) >= 11 is 1.40. The maximum Gasteiger partial charge on any atom is 0.264 e. The van der Waals surface area contributed by atoms with Gasteiger partial charge in [-0.05, 0) is 17.9 Å². The Balaban J connectivity index is 2.68. The summed E-state index contributed by atoms with van der Waals surface area (Å²) in [6.45, 7) is 2.73. The maximum atomic E-state index is 12.2. The zero-order chi connectivity index (χ0) is 13.4. The van der Waals surface area contributed by atoms with Crippen molar-refractivity contribution in [2.75, 3.05) is 20.2 Å². The summed E-state index contributed by atoms with van der Waals surface area (Å²) in [6.07, 6.45) is 3.31. The molecule has 0 radical (unpaired) electrons. The maximum absolute atomic E-state index is 12.2. The van der Waals surface area contributed by atoms with Crippen LogP contribution >= 0.6 is 11.3 Å². The monoisotopic (exact) mass is 265 g/mol.